The third-order valence-corrected chi connectivity index (χ3v) is 2.84. The van der Waals surface area contributed by atoms with Crippen LogP contribution in [0.5, 0.6) is 11.5 Å². The van der Waals surface area contributed by atoms with Crippen molar-refractivity contribution in [2.75, 3.05) is 14.2 Å². The second-order valence-corrected chi connectivity index (χ2v) is 4.13. The number of hydrogen-bond acceptors (Lipinski definition) is 3. The summed E-state index contributed by atoms with van der Waals surface area (Å²) in [5, 5.41) is 10.5. The van der Waals surface area contributed by atoms with Crippen LogP contribution < -0.4 is 9.47 Å². The van der Waals surface area contributed by atoms with Crippen molar-refractivity contribution < 1.29 is 14.6 Å². The van der Waals surface area contributed by atoms with Crippen LogP contribution in [0, 0.1) is 11.8 Å². The van der Waals surface area contributed by atoms with E-state index >= 15 is 0 Å². The summed E-state index contributed by atoms with van der Waals surface area (Å²) in [5.41, 5.74) is 0.704. The molecular weight excluding hydrogens is 252 g/mol. The number of hydrogen-bond donors (Lipinski definition) is 1. The molecule has 0 radical (unpaired) electrons. The third-order valence-electron chi connectivity index (χ3n) is 2.56. The molecule has 1 aromatic rings. The van der Waals surface area contributed by atoms with Crippen molar-refractivity contribution in [1.82, 2.24) is 0 Å². The van der Waals surface area contributed by atoms with Gasteiger partial charge in [0, 0.05) is 6.42 Å². The molecule has 0 saturated carbocycles. The Morgan fingerprint density at radius 3 is 2.61 bits per heavy atom. The molecule has 4 heteroatoms. The highest BCUT2D eigenvalue weighted by Crippen LogP contribution is 2.38. The first kappa shape index (κ1) is 14.7. The van der Waals surface area contributed by atoms with Gasteiger partial charge >= 0.3 is 0 Å². The van der Waals surface area contributed by atoms with Crippen molar-refractivity contribution in [3.8, 4) is 23.3 Å². The summed E-state index contributed by atoms with van der Waals surface area (Å²) in [6.07, 6.45) is 0.596. The monoisotopic (exact) mass is 268 g/mol. The summed E-state index contributed by atoms with van der Waals surface area (Å²) in [6, 6.07) is 3.42. The molecule has 0 bridgehead atoms. The minimum atomic E-state index is -0.608. The first-order valence-electron chi connectivity index (χ1n) is 5.63. The minimum Gasteiger partial charge on any atom is -0.493 e. The molecule has 0 spiro atoms. The fourth-order valence-electron chi connectivity index (χ4n) is 1.63. The topological polar surface area (TPSA) is 38.7 Å². The normalized spacial score (nSPS) is 11.4. The van der Waals surface area contributed by atoms with Gasteiger partial charge in [-0.1, -0.05) is 11.6 Å². The molecular formula is C14H17ClO3. The summed E-state index contributed by atoms with van der Waals surface area (Å²) >= 11 is 6.07. The maximum Gasteiger partial charge on any atom is 0.179 e. The van der Waals surface area contributed by atoms with Crippen LogP contribution in [-0.2, 0) is 0 Å². The Hall–Kier alpha value is -1.37. The summed E-state index contributed by atoms with van der Waals surface area (Å²) in [6.45, 7) is 1.78. The molecule has 0 saturated heterocycles. The average molecular weight is 269 g/mol. The fraction of sp³-hybridized carbons (Fsp3) is 0.429. The first-order chi connectivity index (χ1) is 8.63. The highest BCUT2D eigenvalue weighted by Gasteiger charge is 2.15. The van der Waals surface area contributed by atoms with Gasteiger partial charge in [0.2, 0.25) is 0 Å². The second kappa shape index (κ2) is 7.15. The maximum absolute atomic E-state index is 10.0. The zero-order chi connectivity index (χ0) is 13.5. The number of rotatable bonds is 5. The van der Waals surface area contributed by atoms with Gasteiger partial charge in [-0.15, -0.1) is 11.8 Å². The van der Waals surface area contributed by atoms with E-state index in [2.05, 4.69) is 11.8 Å². The number of aliphatic hydroxyl groups excluding tert-OH is 1. The van der Waals surface area contributed by atoms with Gasteiger partial charge in [0.15, 0.2) is 11.5 Å². The Morgan fingerprint density at radius 1 is 1.33 bits per heavy atom. The summed E-state index contributed by atoms with van der Waals surface area (Å²) in [7, 11) is 3.06. The highest BCUT2D eigenvalue weighted by molar-refractivity contribution is 6.32. The third kappa shape index (κ3) is 3.56. The summed E-state index contributed by atoms with van der Waals surface area (Å²) in [4.78, 5) is 0. The van der Waals surface area contributed by atoms with Crippen LogP contribution in [-0.4, -0.2) is 19.3 Å². The molecule has 0 aliphatic rings. The van der Waals surface area contributed by atoms with Crippen molar-refractivity contribution >= 4 is 11.6 Å². The van der Waals surface area contributed by atoms with Crippen molar-refractivity contribution in [3.63, 3.8) is 0 Å². The Labute approximate surface area is 113 Å². The van der Waals surface area contributed by atoms with Crippen LogP contribution >= 0.6 is 11.6 Å². The first-order valence-corrected chi connectivity index (χ1v) is 6.01. The zero-order valence-electron chi connectivity index (χ0n) is 10.8. The zero-order valence-corrected chi connectivity index (χ0v) is 11.5. The number of methoxy groups -OCH3 is 2. The molecule has 1 unspecified atom stereocenters. The summed E-state index contributed by atoms with van der Waals surface area (Å²) < 4.78 is 10.3. The van der Waals surface area contributed by atoms with Crippen LogP contribution in [0.1, 0.15) is 31.4 Å². The van der Waals surface area contributed by atoms with Crippen molar-refractivity contribution in [1.29, 1.82) is 0 Å². The molecule has 0 amide bonds. The Balaban J connectivity index is 2.95. The standard InChI is InChI=1S/C14H17ClO3/c1-4-5-6-7-12(16)10-8-11(15)14(18-3)13(9-10)17-2/h8-9,12,16H,6-7H2,1-3H3. The minimum absolute atomic E-state index is 0.424. The quantitative estimate of drug-likeness (QED) is 0.834. The smallest absolute Gasteiger partial charge is 0.179 e. The van der Waals surface area contributed by atoms with Gasteiger partial charge in [-0.3, -0.25) is 0 Å². The van der Waals surface area contributed by atoms with Crippen LogP contribution in [0.4, 0.5) is 0 Å². The average Bonchev–Trinajstić information content (AvgIpc) is 2.37. The fourth-order valence-corrected chi connectivity index (χ4v) is 1.93. The lowest BCUT2D eigenvalue weighted by atomic mass is 10.0. The van der Waals surface area contributed by atoms with Gasteiger partial charge in [0.1, 0.15) is 0 Å². The number of ether oxygens (including phenoxy) is 2. The molecule has 98 valence electrons. The Morgan fingerprint density at radius 2 is 2.06 bits per heavy atom. The van der Waals surface area contributed by atoms with Crippen LogP contribution in [0.15, 0.2) is 12.1 Å². The lowest BCUT2D eigenvalue weighted by Gasteiger charge is -2.14. The van der Waals surface area contributed by atoms with E-state index in [-0.39, 0.29) is 0 Å². The van der Waals surface area contributed by atoms with E-state index in [4.69, 9.17) is 21.1 Å². The molecule has 0 aliphatic heterocycles. The molecule has 0 aromatic heterocycles. The lowest BCUT2D eigenvalue weighted by Crippen LogP contribution is -2.00. The molecule has 0 aliphatic carbocycles. The number of halogens is 1. The van der Waals surface area contributed by atoms with E-state index < -0.39 is 6.10 Å². The van der Waals surface area contributed by atoms with Gasteiger partial charge in [0.05, 0.1) is 25.3 Å². The molecule has 1 aromatic carbocycles. The number of aliphatic hydroxyl groups is 1. The van der Waals surface area contributed by atoms with Gasteiger partial charge in [-0.25, -0.2) is 0 Å². The maximum atomic E-state index is 10.0. The van der Waals surface area contributed by atoms with Gasteiger partial charge in [0.25, 0.3) is 0 Å². The van der Waals surface area contributed by atoms with E-state index in [1.165, 1.54) is 14.2 Å². The Bertz CT molecular complexity index is 460. The molecule has 3 nitrogen and oxygen atoms in total. The van der Waals surface area contributed by atoms with Gasteiger partial charge in [-0.2, -0.15) is 0 Å². The Kier molecular flexibility index (Phi) is 5.84. The predicted molar refractivity (Wildman–Crippen MR) is 72.2 cm³/mol. The van der Waals surface area contributed by atoms with Crippen molar-refractivity contribution in [3.05, 3.63) is 22.7 Å². The highest BCUT2D eigenvalue weighted by atomic mass is 35.5. The lowest BCUT2D eigenvalue weighted by molar-refractivity contribution is 0.169. The largest absolute Gasteiger partial charge is 0.493 e. The predicted octanol–water partition coefficient (Wildman–Crippen LogP) is 3.19. The molecule has 1 atom stereocenters. The van der Waals surface area contributed by atoms with Crippen LogP contribution in [0.25, 0.3) is 0 Å². The van der Waals surface area contributed by atoms with Gasteiger partial charge in [-0.05, 0) is 31.0 Å². The van der Waals surface area contributed by atoms with E-state index in [1.807, 2.05) is 0 Å². The van der Waals surface area contributed by atoms with Crippen LogP contribution in [0.2, 0.25) is 5.02 Å². The van der Waals surface area contributed by atoms with Crippen molar-refractivity contribution in [2.45, 2.75) is 25.9 Å². The van der Waals surface area contributed by atoms with Gasteiger partial charge < -0.3 is 14.6 Å². The van der Waals surface area contributed by atoms with E-state index in [1.54, 1.807) is 19.1 Å². The second-order valence-electron chi connectivity index (χ2n) is 3.72. The molecule has 18 heavy (non-hydrogen) atoms. The molecule has 1 rings (SSSR count). The van der Waals surface area contributed by atoms with Crippen molar-refractivity contribution in [2.24, 2.45) is 0 Å². The van der Waals surface area contributed by atoms with E-state index in [0.29, 0.717) is 34.9 Å². The molecule has 0 heterocycles. The SMILES string of the molecule is CC#CCCC(O)c1cc(Cl)c(OC)c(OC)c1. The number of benzene rings is 1. The van der Waals surface area contributed by atoms with E-state index in [0.717, 1.165) is 0 Å². The molecule has 1 N–H and O–H groups in total. The van der Waals surface area contributed by atoms with Crippen LogP contribution in [0.3, 0.4) is 0 Å². The molecule has 0 fully saturated rings. The van der Waals surface area contributed by atoms with E-state index in [9.17, 15) is 5.11 Å². The summed E-state index contributed by atoms with van der Waals surface area (Å²) in [5.74, 6) is 6.70.